The topological polar surface area (TPSA) is 132 Å². The van der Waals surface area contributed by atoms with Crippen molar-refractivity contribution in [2.24, 2.45) is 0 Å². The van der Waals surface area contributed by atoms with Crippen LogP contribution >= 0.6 is 7.82 Å². The molecule has 3 unspecified atom stereocenters. The van der Waals surface area contributed by atoms with Crippen LogP contribution in [-0.2, 0) is 27.9 Å². The molecule has 0 amide bonds. The minimum atomic E-state index is -4.50. The van der Waals surface area contributed by atoms with Crippen molar-refractivity contribution in [3.8, 4) is 0 Å². The number of carbonyl (C=O) groups excluding carboxylic acids is 1. The summed E-state index contributed by atoms with van der Waals surface area (Å²) in [7, 11) is -4.50. The van der Waals surface area contributed by atoms with Crippen LogP contribution in [0.25, 0.3) is 0 Å². The molecule has 3 N–H and O–H groups in total. The third-order valence-electron chi connectivity index (χ3n) is 9.79. The first kappa shape index (κ1) is 51.5. The molecule has 0 heterocycles. The lowest BCUT2D eigenvalue weighted by molar-refractivity contribution is -0.154. The van der Waals surface area contributed by atoms with Gasteiger partial charge in [0.15, 0.2) is 0 Å². The number of unbranched alkanes of at least 4 members (excludes halogenated alkanes) is 29. The van der Waals surface area contributed by atoms with Gasteiger partial charge in [0.2, 0.25) is 0 Å². The van der Waals surface area contributed by atoms with E-state index in [-0.39, 0.29) is 25.6 Å². The predicted molar refractivity (Wildman–Crippen MR) is 215 cm³/mol. The molecule has 3 atom stereocenters. The summed E-state index contributed by atoms with van der Waals surface area (Å²) in [6, 6.07) is 0. The summed E-state index contributed by atoms with van der Waals surface area (Å²) < 4.78 is 33.3. The molecular formula is C42H85O9P. The van der Waals surface area contributed by atoms with Crippen molar-refractivity contribution in [3.63, 3.8) is 0 Å². The van der Waals surface area contributed by atoms with Gasteiger partial charge in [-0.2, -0.15) is 0 Å². The van der Waals surface area contributed by atoms with Crippen molar-refractivity contribution >= 4 is 13.8 Å². The van der Waals surface area contributed by atoms with Gasteiger partial charge in [-0.25, -0.2) is 4.57 Å². The number of aliphatic hydroxyl groups excluding tert-OH is 2. The third kappa shape index (κ3) is 39.2. The van der Waals surface area contributed by atoms with Gasteiger partial charge in [0.05, 0.1) is 26.4 Å². The average molecular weight is 765 g/mol. The van der Waals surface area contributed by atoms with Gasteiger partial charge in [-0.05, 0) is 12.8 Å². The minimum Gasteiger partial charge on any atom is -0.457 e. The van der Waals surface area contributed by atoms with E-state index in [2.05, 4.69) is 13.8 Å². The van der Waals surface area contributed by atoms with E-state index in [1.807, 2.05) is 0 Å². The molecule has 0 aromatic carbocycles. The van der Waals surface area contributed by atoms with E-state index in [4.69, 9.17) is 23.6 Å². The summed E-state index contributed by atoms with van der Waals surface area (Å²) in [5, 5.41) is 18.3. The molecule has 0 spiro atoms. The maximum Gasteiger partial charge on any atom is 0.472 e. The molecule has 0 saturated heterocycles. The van der Waals surface area contributed by atoms with E-state index < -0.39 is 33.2 Å². The normalized spacial score (nSPS) is 14.0. The maximum absolute atomic E-state index is 12.5. The monoisotopic (exact) mass is 765 g/mol. The molecule has 0 saturated carbocycles. The van der Waals surface area contributed by atoms with Gasteiger partial charge in [-0.15, -0.1) is 0 Å². The molecular weight excluding hydrogens is 679 g/mol. The van der Waals surface area contributed by atoms with Crippen LogP contribution in [0.4, 0.5) is 0 Å². The first-order valence-electron chi connectivity index (χ1n) is 22.0. The van der Waals surface area contributed by atoms with Crippen molar-refractivity contribution in [1.82, 2.24) is 0 Å². The van der Waals surface area contributed by atoms with Crippen LogP contribution < -0.4 is 0 Å². The number of phosphoric ester groups is 1. The highest BCUT2D eigenvalue weighted by molar-refractivity contribution is 7.47. The Labute approximate surface area is 320 Å². The standard InChI is InChI=1S/C42H85O9P/c1-3-5-7-9-11-13-14-15-16-17-18-19-20-21-22-23-24-25-27-29-31-33-35-48-38-41(39-50-52(46,47)49-37-40(44)36-43)51-42(45)34-32-30-28-26-12-10-8-6-4-2/h40-41,43-44H,3-39H2,1-2H3,(H,46,47). The fraction of sp³-hybridized carbons (Fsp3) is 0.976. The Morgan fingerprint density at radius 3 is 1.25 bits per heavy atom. The Kier molecular flexibility index (Phi) is 39.7. The van der Waals surface area contributed by atoms with Crippen LogP contribution in [0.3, 0.4) is 0 Å². The van der Waals surface area contributed by atoms with Crippen molar-refractivity contribution in [2.75, 3.05) is 33.0 Å². The first-order valence-corrected chi connectivity index (χ1v) is 23.5. The van der Waals surface area contributed by atoms with Gasteiger partial charge in [0.1, 0.15) is 12.2 Å². The van der Waals surface area contributed by atoms with Crippen LogP contribution in [0.15, 0.2) is 0 Å². The number of hydrogen-bond donors (Lipinski definition) is 3. The number of aliphatic hydroxyl groups is 2. The van der Waals surface area contributed by atoms with Crippen molar-refractivity contribution in [3.05, 3.63) is 0 Å². The summed E-state index contributed by atoms with van der Waals surface area (Å²) in [4.78, 5) is 22.5. The highest BCUT2D eigenvalue weighted by Crippen LogP contribution is 2.43. The summed E-state index contributed by atoms with van der Waals surface area (Å²) >= 11 is 0. The Morgan fingerprint density at radius 1 is 0.519 bits per heavy atom. The molecule has 0 rings (SSSR count). The SMILES string of the molecule is CCCCCCCCCCCCCCCCCCCCCCCCOCC(COP(=O)(O)OCC(O)CO)OC(=O)CCCCCCCCCCC. The molecule has 312 valence electrons. The molecule has 0 bridgehead atoms. The smallest absolute Gasteiger partial charge is 0.457 e. The lowest BCUT2D eigenvalue weighted by atomic mass is 10.0. The summed E-state index contributed by atoms with van der Waals surface area (Å²) in [6.45, 7) is 3.54. The predicted octanol–water partition coefficient (Wildman–Crippen LogP) is 11.9. The molecule has 0 aromatic heterocycles. The fourth-order valence-electron chi connectivity index (χ4n) is 6.42. The van der Waals surface area contributed by atoms with Gasteiger partial charge < -0.3 is 24.6 Å². The summed E-state index contributed by atoms with van der Waals surface area (Å²) in [5.41, 5.74) is 0. The second-order valence-corrected chi connectivity index (χ2v) is 16.5. The molecule has 52 heavy (non-hydrogen) atoms. The largest absolute Gasteiger partial charge is 0.472 e. The van der Waals surface area contributed by atoms with Crippen LogP contribution in [-0.4, -0.2) is 66.3 Å². The molecule has 10 heteroatoms. The van der Waals surface area contributed by atoms with Crippen LogP contribution in [0.5, 0.6) is 0 Å². The number of ether oxygens (including phenoxy) is 2. The van der Waals surface area contributed by atoms with Gasteiger partial charge in [-0.1, -0.05) is 200 Å². The number of carbonyl (C=O) groups is 1. The molecule has 0 aliphatic heterocycles. The molecule has 0 radical (unpaired) electrons. The highest BCUT2D eigenvalue weighted by atomic mass is 31.2. The number of esters is 1. The minimum absolute atomic E-state index is 0.0576. The van der Waals surface area contributed by atoms with Gasteiger partial charge in [0.25, 0.3) is 0 Å². The summed E-state index contributed by atoms with van der Waals surface area (Å²) in [5.74, 6) is -0.381. The molecule has 0 aromatic rings. The van der Waals surface area contributed by atoms with Gasteiger partial charge in [-0.3, -0.25) is 13.8 Å². The molecule has 0 aliphatic rings. The second kappa shape index (κ2) is 40.1. The Morgan fingerprint density at radius 2 is 0.865 bits per heavy atom. The van der Waals surface area contributed by atoms with Crippen LogP contribution in [0, 0.1) is 0 Å². The number of phosphoric acid groups is 1. The zero-order valence-corrected chi connectivity index (χ0v) is 35.0. The van der Waals surface area contributed by atoms with E-state index in [0.717, 1.165) is 32.1 Å². The van der Waals surface area contributed by atoms with Gasteiger partial charge >= 0.3 is 13.8 Å². The fourth-order valence-corrected chi connectivity index (χ4v) is 7.21. The Hall–Kier alpha value is -0.540. The number of rotatable bonds is 43. The van der Waals surface area contributed by atoms with Crippen LogP contribution in [0.2, 0.25) is 0 Å². The van der Waals surface area contributed by atoms with E-state index >= 15 is 0 Å². The zero-order chi connectivity index (χ0) is 38.2. The van der Waals surface area contributed by atoms with E-state index in [1.54, 1.807) is 0 Å². The molecule has 0 aliphatic carbocycles. The quantitative estimate of drug-likeness (QED) is 0.0315. The average Bonchev–Trinajstić information content (AvgIpc) is 3.13. The second-order valence-electron chi connectivity index (χ2n) is 15.1. The van der Waals surface area contributed by atoms with Crippen molar-refractivity contribution < 1.29 is 43.0 Å². The van der Waals surface area contributed by atoms with E-state index in [9.17, 15) is 19.4 Å². The lowest BCUT2D eigenvalue weighted by Crippen LogP contribution is -2.29. The van der Waals surface area contributed by atoms with Gasteiger partial charge in [0, 0.05) is 13.0 Å². The number of hydrogen-bond acceptors (Lipinski definition) is 8. The maximum atomic E-state index is 12.5. The highest BCUT2D eigenvalue weighted by Gasteiger charge is 2.26. The Bertz CT molecular complexity index is 785. The third-order valence-corrected chi connectivity index (χ3v) is 10.7. The van der Waals surface area contributed by atoms with Crippen molar-refractivity contribution in [1.29, 1.82) is 0 Å². The molecule has 0 fully saturated rings. The zero-order valence-electron chi connectivity index (χ0n) is 34.1. The lowest BCUT2D eigenvalue weighted by Gasteiger charge is -2.20. The van der Waals surface area contributed by atoms with Crippen molar-refractivity contribution in [2.45, 2.75) is 232 Å². The Balaban J connectivity index is 3.96. The van der Waals surface area contributed by atoms with E-state index in [0.29, 0.717) is 6.61 Å². The molecule has 9 nitrogen and oxygen atoms in total. The van der Waals surface area contributed by atoms with E-state index in [1.165, 1.54) is 167 Å². The summed E-state index contributed by atoms with van der Waals surface area (Å²) in [6.07, 6.45) is 37.9. The first-order chi connectivity index (χ1) is 25.3. The van der Waals surface area contributed by atoms with Crippen LogP contribution in [0.1, 0.15) is 219 Å².